The van der Waals surface area contributed by atoms with Gasteiger partial charge in [-0.25, -0.2) is 4.79 Å². The molecule has 0 bridgehead atoms. The van der Waals surface area contributed by atoms with Gasteiger partial charge in [0.15, 0.2) is 5.11 Å². The fourth-order valence-electron chi connectivity index (χ4n) is 1.18. The average Bonchev–Trinajstić information content (AvgIpc) is 2.39. The number of amides is 1. The summed E-state index contributed by atoms with van der Waals surface area (Å²) in [4.78, 5) is 22.5. The fraction of sp³-hybridized carbons (Fsp3) is 0.154. The van der Waals surface area contributed by atoms with Crippen molar-refractivity contribution < 1.29 is 14.3 Å². The van der Waals surface area contributed by atoms with Gasteiger partial charge in [0, 0.05) is 22.9 Å². The smallest absolute Gasteiger partial charge is 0.330 e. The van der Waals surface area contributed by atoms with E-state index in [1.165, 1.54) is 0 Å². The topological polar surface area (TPSA) is 67.4 Å². The number of anilines is 1. The molecule has 0 aromatic heterocycles. The van der Waals surface area contributed by atoms with Crippen LogP contribution in [0.4, 0.5) is 5.69 Å². The first kappa shape index (κ1) is 16.1. The van der Waals surface area contributed by atoms with Gasteiger partial charge in [-0.2, -0.15) is 0 Å². The lowest BCUT2D eigenvalue weighted by Gasteiger charge is -2.07. The van der Waals surface area contributed by atoms with Crippen LogP contribution in [0.25, 0.3) is 0 Å². The molecule has 7 heteroatoms. The van der Waals surface area contributed by atoms with Crippen LogP contribution >= 0.6 is 23.8 Å². The number of rotatable bonds is 4. The molecule has 1 rings (SSSR count). The number of ether oxygens (including phenoxy) is 1. The lowest BCUT2D eigenvalue weighted by atomic mass is 10.3. The van der Waals surface area contributed by atoms with E-state index in [0.29, 0.717) is 10.7 Å². The van der Waals surface area contributed by atoms with Crippen molar-refractivity contribution in [2.45, 2.75) is 6.92 Å². The Morgan fingerprint density at radius 2 is 1.95 bits per heavy atom. The highest BCUT2D eigenvalue weighted by atomic mass is 35.5. The minimum atomic E-state index is -0.584. The van der Waals surface area contributed by atoms with Gasteiger partial charge < -0.3 is 10.1 Å². The zero-order valence-electron chi connectivity index (χ0n) is 10.7. The lowest BCUT2D eigenvalue weighted by Crippen LogP contribution is -2.32. The molecular formula is C13H13ClN2O3S. The van der Waals surface area contributed by atoms with Crippen LogP contribution in [0.1, 0.15) is 6.92 Å². The second-order valence-corrected chi connectivity index (χ2v) is 4.38. The van der Waals surface area contributed by atoms with Crippen molar-refractivity contribution in [3.05, 3.63) is 41.4 Å². The molecule has 106 valence electrons. The summed E-state index contributed by atoms with van der Waals surface area (Å²) in [5.74, 6) is -1.11. The quantitative estimate of drug-likeness (QED) is 0.507. The second-order valence-electron chi connectivity index (χ2n) is 3.54. The van der Waals surface area contributed by atoms with E-state index in [2.05, 4.69) is 15.4 Å². The van der Waals surface area contributed by atoms with E-state index in [1.54, 1.807) is 31.2 Å². The first-order valence-electron chi connectivity index (χ1n) is 5.73. The van der Waals surface area contributed by atoms with Crippen molar-refractivity contribution in [2.75, 3.05) is 11.9 Å². The number of carbonyl (C=O) groups is 2. The molecule has 0 aliphatic carbocycles. The maximum atomic E-state index is 11.5. The Hall–Kier alpha value is -1.92. The van der Waals surface area contributed by atoms with E-state index in [9.17, 15) is 9.59 Å². The third-order valence-corrected chi connectivity index (χ3v) is 2.45. The van der Waals surface area contributed by atoms with Crippen LogP contribution in [-0.4, -0.2) is 23.6 Å². The summed E-state index contributed by atoms with van der Waals surface area (Å²) in [6, 6.07) is 6.81. The van der Waals surface area contributed by atoms with E-state index in [4.69, 9.17) is 23.8 Å². The van der Waals surface area contributed by atoms with Gasteiger partial charge in [-0.05, 0) is 43.4 Å². The summed E-state index contributed by atoms with van der Waals surface area (Å²) >= 11 is 10.7. The standard InChI is InChI=1S/C13H13ClN2O3S/c1-2-19-12(18)8-7-11(17)16-13(20)15-10-5-3-9(14)4-6-10/h3-8H,2H2,1H3,(H2,15,16,17,20). The predicted octanol–water partition coefficient (Wildman–Crippen LogP) is 2.27. The number of nitrogens with one attached hydrogen (secondary N) is 2. The Bertz CT molecular complexity index is 529. The molecule has 0 aliphatic heterocycles. The van der Waals surface area contributed by atoms with Crippen molar-refractivity contribution in [1.29, 1.82) is 0 Å². The summed E-state index contributed by atoms with van der Waals surface area (Å²) in [6.45, 7) is 1.93. The number of esters is 1. The van der Waals surface area contributed by atoms with Gasteiger partial charge in [-0.15, -0.1) is 0 Å². The maximum Gasteiger partial charge on any atom is 0.330 e. The van der Waals surface area contributed by atoms with Crippen molar-refractivity contribution in [3.8, 4) is 0 Å². The van der Waals surface area contributed by atoms with Crippen LogP contribution in [0, 0.1) is 0 Å². The van der Waals surface area contributed by atoms with Gasteiger partial charge in [-0.1, -0.05) is 11.6 Å². The molecule has 1 aromatic rings. The van der Waals surface area contributed by atoms with Gasteiger partial charge in [0.25, 0.3) is 0 Å². The fourth-order valence-corrected chi connectivity index (χ4v) is 1.53. The van der Waals surface area contributed by atoms with Crippen molar-refractivity contribution >= 4 is 46.5 Å². The average molecular weight is 313 g/mol. The lowest BCUT2D eigenvalue weighted by molar-refractivity contribution is -0.137. The molecule has 1 aromatic carbocycles. The molecule has 0 radical (unpaired) electrons. The zero-order chi connectivity index (χ0) is 15.0. The predicted molar refractivity (Wildman–Crippen MR) is 81.6 cm³/mol. The molecule has 0 atom stereocenters. The number of carbonyl (C=O) groups excluding carboxylic acids is 2. The third kappa shape index (κ3) is 6.31. The summed E-state index contributed by atoms with van der Waals surface area (Å²) in [6.07, 6.45) is 2.08. The van der Waals surface area contributed by atoms with E-state index >= 15 is 0 Å². The van der Waals surface area contributed by atoms with Crippen LogP contribution in [0.3, 0.4) is 0 Å². The summed E-state index contributed by atoms with van der Waals surface area (Å²) in [5, 5.41) is 5.91. The molecule has 0 saturated carbocycles. The number of hydrogen-bond acceptors (Lipinski definition) is 4. The Morgan fingerprint density at radius 3 is 2.55 bits per heavy atom. The largest absolute Gasteiger partial charge is 0.463 e. The number of hydrogen-bond donors (Lipinski definition) is 2. The summed E-state index contributed by atoms with van der Waals surface area (Å²) in [5.41, 5.74) is 0.689. The SMILES string of the molecule is CCOC(=O)C=CC(=O)NC(=S)Nc1ccc(Cl)cc1. The maximum absolute atomic E-state index is 11.5. The normalized spacial score (nSPS) is 10.1. The van der Waals surface area contributed by atoms with Gasteiger partial charge in [0.05, 0.1) is 6.61 Å². The molecule has 0 heterocycles. The minimum absolute atomic E-state index is 0.117. The third-order valence-electron chi connectivity index (χ3n) is 2.00. The first-order valence-corrected chi connectivity index (χ1v) is 6.52. The van der Waals surface area contributed by atoms with Gasteiger partial charge in [0.1, 0.15) is 0 Å². The molecule has 0 unspecified atom stereocenters. The Morgan fingerprint density at radius 1 is 1.30 bits per heavy atom. The van der Waals surface area contributed by atoms with Gasteiger partial charge in [0.2, 0.25) is 5.91 Å². The van der Waals surface area contributed by atoms with E-state index in [-0.39, 0.29) is 11.7 Å². The van der Waals surface area contributed by atoms with Gasteiger partial charge in [-0.3, -0.25) is 10.1 Å². The molecule has 0 saturated heterocycles. The molecule has 20 heavy (non-hydrogen) atoms. The van der Waals surface area contributed by atoms with Crippen LogP contribution in [-0.2, 0) is 14.3 Å². The number of thiocarbonyl (C=S) groups is 1. The molecule has 1 amide bonds. The second kappa shape index (κ2) is 8.29. The summed E-state index contributed by atoms with van der Waals surface area (Å²) in [7, 11) is 0. The van der Waals surface area contributed by atoms with E-state index in [0.717, 1.165) is 12.2 Å². The molecule has 0 aliphatic rings. The first-order chi connectivity index (χ1) is 9.51. The zero-order valence-corrected chi connectivity index (χ0v) is 12.3. The monoisotopic (exact) mass is 312 g/mol. The molecule has 5 nitrogen and oxygen atoms in total. The van der Waals surface area contributed by atoms with Crippen LogP contribution < -0.4 is 10.6 Å². The van der Waals surface area contributed by atoms with Crippen LogP contribution in [0.5, 0.6) is 0 Å². The highest BCUT2D eigenvalue weighted by Crippen LogP contribution is 2.12. The molecular weight excluding hydrogens is 300 g/mol. The summed E-state index contributed by atoms with van der Waals surface area (Å²) < 4.78 is 4.64. The van der Waals surface area contributed by atoms with E-state index in [1.807, 2.05) is 0 Å². The highest BCUT2D eigenvalue weighted by Gasteiger charge is 2.03. The van der Waals surface area contributed by atoms with Crippen molar-refractivity contribution in [1.82, 2.24) is 5.32 Å². The molecule has 0 spiro atoms. The Kier molecular flexibility index (Phi) is 6.69. The minimum Gasteiger partial charge on any atom is -0.463 e. The Labute approximate surface area is 126 Å². The number of halogens is 1. The molecule has 0 fully saturated rings. The molecule has 2 N–H and O–H groups in total. The van der Waals surface area contributed by atoms with Crippen LogP contribution in [0.15, 0.2) is 36.4 Å². The van der Waals surface area contributed by atoms with Crippen LogP contribution in [0.2, 0.25) is 5.02 Å². The highest BCUT2D eigenvalue weighted by molar-refractivity contribution is 7.80. The van der Waals surface area contributed by atoms with E-state index < -0.39 is 11.9 Å². The van der Waals surface area contributed by atoms with Crippen molar-refractivity contribution in [2.24, 2.45) is 0 Å². The van der Waals surface area contributed by atoms with Gasteiger partial charge >= 0.3 is 5.97 Å². The van der Waals surface area contributed by atoms with Crippen molar-refractivity contribution in [3.63, 3.8) is 0 Å². The number of benzene rings is 1. The Balaban J connectivity index is 2.44.